The lowest BCUT2D eigenvalue weighted by molar-refractivity contribution is -0.945. The molecule has 0 radical (unpaired) electrons. The predicted octanol–water partition coefficient (Wildman–Crippen LogP) is 7.71. The van der Waals surface area contributed by atoms with Crippen molar-refractivity contribution < 1.29 is 13.6 Å². The number of hydrogen-bond acceptors (Lipinski definition) is 2. The fourth-order valence-electron chi connectivity index (χ4n) is 5.17. The number of nitrogens with zero attached hydrogens (tertiary/aromatic N) is 1. The number of halogens is 1. The molecular formula is C28H31BrNO2+. The van der Waals surface area contributed by atoms with Crippen molar-refractivity contribution in [3.63, 3.8) is 0 Å². The molecule has 2 heterocycles. The Morgan fingerprint density at radius 1 is 0.812 bits per heavy atom. The summed E-state index contributed by atoms with van der Waals surface area (Å²) >= 11 is 3.52. The van der Waals surface area contributed by atoms with Gasteiger partial charge in [0, 0.05) is 26.9 Å². The molecule has 1 saturated heterocycles. The maximum atomic E-state index is 6.10. The van der Waals surface area contributed by atoms with Gasteiger partial charge in [-0.15, -0.1) is 0 Å². The molecule has 5 rings (SSSR count). The zero-order chi connectivity index (χ0) is 21.8. The van der Waals surface area contributed by atoms with Crippen LogP contribution in [-0.4, -0.2) is 30.7 Å². The molecule has 1 aliphatic rings. The van der Waals surface area contributed by atoms with E-state index < -0.39 is 0 Å². The van der Waals surface area contributed by atoms with E-state index in [2.05, 4.69) is 70.5 Å². The first-order chi connectivity index (χ1) is 15.7. The Labute approximate surface area is 198 Å². The van der Waals surface area contributed by atoms with Crippen molar-refractivity contribution in [2.24, 2.45) is 0 Å². The minimum absolute atomic E-state index is 0.753. The highest BCUT2D eigenvalue weighted by Gasteiger charge is 2.29. The van der Waals surface area contributed by atoms with Crippen LogP contribution < -0.4 is 4.74 Å². The molecule has 0 spiro atoms. The molecule has 3 nitrogen and oxygen atoms in total. The molecule has 166 valence electrons. The summed E-state index contributed by atoms with van der Waals surface area (Å²) in [5, 5.41) is 2.28. The molecule has 1 fully saturated rings. The van der Waals surface area contributed by atoms with Crippen LogP contribution in [-0.2, 0) is 6.54 Å². The van der Waals surface area contributed by atoms with Crippen LogP contribution in [0, 0.1) is 0 Å². The number of benzene rings is 3. The average molecular weight is 493 g/mol. The lowest BCUT2D eigenvalue weighted by Crippen LogP contribution is -2.51. The SMILES string of the molecule is Brc1ccc2c(c1)oc1cc(OCCCC[N+]3(Cc4ccccc4)CCCCC3)ccc12. The van der Waals surface area contributed by atoms with Gasteiger partial charge in [-0.25, -0.2) is 0 Å². The third kappa shape index (κ3) is 4.87. The number of likely N-dealkylation sites (tertiary alicyclic amines) is 1. The Kier molecular flexibility index (Phi) is 6.52. The van der Waals surface area contributed by atoms with Gasteiger partial charge in [0.25, 0.3) is 0 Å². The van der Waals surface area contributed by atoms with Crippen molar-refractivity contribution in [2.75, 3.05) is 26.2 Å². The minimum Gasteiger partial charge on any atom is -0.493 e. The second-order valence-electron chi connectivity index (χ2n) is 9.17. The van der Waals surface area contributed by atoms with E-state index in [1.165, 1.54) is 61.9 Å². The van der Waals surface area contributed by atoms with E-state index in [1.807, 2.05) is 12.1 Å². The average Bonchev–Trinajstić information content (AvgIpc) is 3.16. The summed E-state index contributed by atoms with van der Waals surface area (Å²) in [5.41, 5.74) is 3.26. The van der Waals surface area contributed by atoms with Crippen molar-refractivity contribution in [2.45, 2.75) is 38.6 Å². The van der Waals surface area contributed by atoms with Crippen LogP contribution in [0.15, 0.2) is 75.6 Å². The van der Waals surface area contributed by atoms with Gasteiger partial charge < -0.3 is 13.6 Å². The van der Waals surface area contributed by atoms with E-state index in [0.29, 0.717) is 0 Å². The van der Waals surface area contributed by atoms with Gasteiger partial charge in [-0.3, -0.25) is 0 Å². The molecule has 0 bridgehead atoms. The summed E-state index contributed by atoms with van der Waals surface area (Å²) in [4.78, 5) is 0. The Bertz CT molecular complexity index is 1180. The normalized spacial score (nSPS) is 15.9. The van der Waals surface area contributed by atoms with E-state index >= 15 is 0 Å². The van der Waals surface area contributed by atoms with Crippen molar-refractivity contribution >= 4 is 37.9 Å². The molecule has 4 heteroatoms. The number of fused-ring (bicyclic) bond motifs is 3. The van der Waals surface area contributed by atoms with E-state index in [0.717, 1.165) is 45.2 Å². The van der Waals surface area contributed by atoms with E-state index in [9.17, 15) is 0 Å². The van der Waals surface area contributed by atoms with Crippen molar-refractivity contribution in [3.8, 4) is 5.75 Å². The van der Waals surface area contributed by atoms with Crippen molar-refractivity contribution in [1.82, 2.24) is 0 Å². The van der Waals surface area contributed by atoms with Crippen LogP contribution in [0.1, 0.15) is 37.7 Å². The number of ether oxygens (including phenoxy) is 1. The van der Waals surface area contributed by atoms with Crippen LogP contribution in [0.25, 0.3) is 21.9 Å². The summed E-state index contributed by atoms with van der Waals surface area (Å²) in [7, 11) is 0. The fourth-order valence-corrected chi connectivity index (χ4v) is 5.51. The maximum absolute atomic E-state index is 6.10. The number of furan rings is 1. The molecule has 1 aromatic heterocycles. The van der Waals surface area contributed by atoms with Crippen LogP contribution in [0.4, 0.5) is 0 Å². The first-order valence-corrected chi connectivity index (χ1v) is 12.6. The summed E-state index contributed by atoms with van der Waals surface area (Å²) in [6.07, 6.45) is 6.39. The molecule has 3 aromatic carbocycles. The molecule has 0 atom stereocenters. The first-order valence-electron chi connectivity index (χ1n) is 11.8. The predicted molar refractivity (Wildman–Crippen MR) is 135 cm³/mol. The number of unbranched alkanes of at least 4 members (excludes halogenated alkanes) is 1. The molecule has 0 aliphatic carbocycles. The third-order valence-corrected chi connectivity index (χ3v) is 7.32. The Balaban J connectivity index is 1.17. The van der Waals surface area contributed by atoms with E-state index in [4.69, 9.17) is 9.15 Å². The lowest BCUT2D eigenvalue weighted by Gasteiger charge is -2.42. The fraction of sp³-hybridized carbons (Fsp3) is 0.357. The van der Waals surface area contributed by atoms with Gasteiger partial charge in [0.15, 0.2) is 0 Å². The van der Waals surface area contributed by atoms with Gasteiger partial charge in [-0.1, -0.05) is 46.3 Å². The van der Waals surface area contributed by atoms with Gasteiger partial charge in [-0.05, 0) is 62.4 Å². The molecule has 1 aliphatic heterocycles. The van der Waals surface area contributed by atoms with Crippen molar-refractivity contribution in [1.29, 1.82) is 0 Å². The molecule has 0 amide bonds. The topological polar surface area (TPSA) is 22.4 Å². The van der Waals surface area contributed by atoms with Crippen LogP contribution in [0.3, 0.4) is 0 Å². The first kappa shape index (κ1) is 21.5. The van der Waals surface area contributed by atoms with E-state index in [-0.39, 0.29) is 0 Å². The number of hydrogen-bond donors (Lipinski definition) is 0. The maximum Gasteiger partial charge on any atom is 0.139 e. The Morgan fingerprint density at radius 3 is 2.38 bits per heavy atom. The molecule has 0 N–H and O–H groups in total. The zero-order valence-corrected chi connectivity index (χ0v) is 20.1. The number of quaternary nitrogens is 1. The highest BCUT2D eigenvalue weighted by molar-refractivity contribution is 9.10. The van der Waals surface area contributed by atoms with Gasteiger partial charge in [0.2, 0.25) is 0 Å². The van der Waals surface area contributed by atoms with Gasteiger partial charge in [0.1, 0.15) is 23.5 Å². The molecule has 4 aromatic rings. The van der Waals surface area contributed by atoms with Crippen LogP contribution >= 0.6 is 15.9 Å². The Morgan fingerprint density at radius 2 is 1.56 bits per heavy atom. The van der Waals surface area contributed by atoms with Crippen LogP contribution in [0.2, 0.25) is 0 Å². The Hall–Kier alpha value is -2.30. The third-order valence-electron chi connectivity index (χ3n) is 6.83. The minimum atomic E-state index is 0.753. The smallest absolute Gasteiger partial charge is 0.139 e. The second-order valence-corrected chi connectivity index (χ2v) is 10.1. The molecule has 0 unspecified atom stereocenters. The summed E-state index contributed by atoms with van der Waals surface area (Å²) in [6, 6.07) is 23.4. The molecular weight excluding hydrogens is 462 g/mol. The number of rotatable bonds is 8. The monoisotopic (exact) mass is 492 g/mol. The largest absolute Gasteiger partial charge is 0.493 e. The summed E-state index contributed by atoms with van der Waals surface area (Å²) in [5.74, 6) is 0.891. The van der Waals surface area contributed by atoms with Gasteiger partial charge in [-0.2, -0.15) is 0 Å². The standard InChI is InChI=1S/C28H31BrNO2/c29-23-11-13-25-26-14-12-24(20-28(26)32-27(25)19-23)31-18-8-7-17-30(15-5-2-6-16-30)21-22-9-3-1-4-10-22/h1,3-4,9-14,19-20H,2,5-8,15-18,21H2/q+1. The summed E-state index contributed by atoms with van der Waals surface area (Å²) in [6.45, 7) is 5.79. The second kappa shape index (κ2) is 9.68. The molecule has 0 saturated carbocycles. The van der Waals surface area contributed by atoms with Crippen molar-refractivity contribution in [3.05, 3.63) is 76.8 Å². The number of piperidine rings is 1. The lowest BCUT2D eigenvalue weighted by atomic mass is 10.0. The zero-order valence-electron chi connectivity index (χ0n) is 18.6. The quantitative estimate of drug-likeness (QED) is 0.185. The van der Waals surface area contributed by atoms with Gasteiger partial charge in [0.05, 0.1) is 26.2 Å². The van der Waals surface area contributed by atoms with E-state index in [1.54, 1.807) is 0 Å². The highest BCUT2D eigenvalue weighted by Crippen LogP contribution is 2.33. The van der Waals surface area contributed by atoms with Crippen LogP contribution in [0.5, 0.6) is 5.75 Å². The highest BCUT2D eigenvalue weighted by atomic mass is 79.9. The van der Waals surface area contributed by atoms with Gasteiger partial charge >= 0.3 is 0 Å². The molecule has 32 heavy (non-hydrogen) atoms. The summed E-state index contributed by atoms with van der Waals surface area (Å²) < 4.78 is 14.4.